The number of para-hydroxylation sites is 2. The monoisotopic (exact) mass is 382 g/mol. The molecule has 25 heavy (non-hydrogen) atoms. The number of aliphatic hydroxyl groups is 1. The number of carbonyl (C=O) groups excluding carboxylic acids is 1. The van der Waals surface area contributed by atoms with Crippen molar-refractivity contribution < 1.29 is 19.8 Å². The van der Waals surface area contributed by atoms with E-state index in [0.29, 0.717) is 27.0 Å². The number of benzene rings is 2. The van der Waals surface area contributed by atoms with Gasteiger partial charge in [0.25, 0.3) is 0 Å². The van der Waals surface area contributed by atoms with Crippen LogP contribution in [0.2, 0.25) is 10.0 Å². The molecule has 8 heteroatoms. The molecular weight excluding hydrogens is 367 g/mol. The van der Waals surface area contributed by atoms with Crippen molar-refractivity contribution in [3.63, 3.8) is 0 Å². The van der Waals surface area contributed by atoms with Gasteiger partial charge in [0.2, 0.25) is 5.91 Å². The number of nitrogens with one attached hydrogen (secondary N) is 2. The van der Waals surface area contributed by atoms with Crippen molar-refractivity contribution in [2.24, 2.45) is 0 Å². The first kappa shape index (κ1) is 19.1. The summed E-state index contributed by atoms with van der Waals surface area (Å²) in [6.45, 7) is -0.684. The van der Waals surface area contributed by atoms with E-state index in [1.807, 2.05) is 0 Å². The minimum Gasteiger partial charge on any atom is -0.480 e. The Kier molecular flexibility index (Phi) is 6.64. The zero-order chi connectivity index (χ0) is 18.4. The van der Waals surface area contributed by atoms with Gasteiger partial charge in [0.1, 0.15) is 6.04 Å². The second kappa shape index (κ2) is 8.71. The van der Waals surface area contributed by atoms with Crippen LogP contribution in [0.4, 0.5) is 11.4 Å². The second-order valence-corrected chi connectivity index (χ2v) is 6.01. The summed E-state index contributed by atoms with van der Waals surface area (Å²) < 4.78 is 0. The van der Waals surface area contributed by atoms with Crippen LogP contribution in [0.3, 0.4) is 0 Å². The summed E-state index contributed by atoms with van der Waals surface area (Å²) in [5.74, 6) is -1.83. The standard InChI is InChI=1S/C17H16Cl2N2O4/c18-11-5-3-6-12(19)16(11)21-13-7-2-1-4-10(13)8-15(23)20-14(9-22)17(24)25/h1-7,14,21-22H,8-9H2,(H,20,23)(H,24,25)/t14-/m0/s1. The minimum absolute atomic E-state index is 0.0744. The van der Waals surface area contributed by atoms with Crippen LogP contribution in [0.15, 0.2) is 42.5 Å². The first-order valence-electron chi connectivity index (χ1n) is 7.34. The largest absolute Gasteiger partial charge is 0.480 e. The molecule has 0 aliphatic carbocycles. The van der Waals surface area contributed by atoms with Gasteiger partial charge in [-0.3, -0.25) is 4.79 Å². The van der Waals surface area contributed by atoms with Crippen LogP contribution in [0.25, 0.3) is 0 Å². The van der Waals surface area contributed by atoms with Gasteiger partial charge in [0.15, 0.2) is 0 Å². The fourth-order valence-corrected chi connectivity index (χ4v) is 2.64. The van der Waals surface area contributed by atoms with Crippen molar-refractivity contribution in [2.75, 3.05) is 11.9 Å². The van der Waals surface area contributed by atoms with Crippen LogP contribution in [0.5, 0.6) is 0 Å². The van der Waals surface area contributed by atoms with Crippen molar-refractivity contribution in [3.8, 4) is 0 Å². The average Bonchev–Trinajstić information content (AvgIpc) is 2.57. The summed E-state index contributed by atoms with van der Waals surface area (Å²) >= 11 is 12.3. The van der Waals surface area contributed by atoms with Crippen LogP contribution in [0, 0.1) is 0 Å². The summed E-state index contributed by atoms with van der Waals surface area (Å²) in [5.41, 5.74) is 1.75. The zero-order valence-corrected chi connectivity index (χ0v) is 14.5. The lowest BCUT2D eigenvalue weighted by Crippen LogP contribution is -2.44. The molecule has 0 spiro atoms. The van der Waals surface area contributed by atoms with Gasteiger partial charge in [-0.15, -0.1) is 0 Å². The molecule has 2 aromatic rings. The van der Waals surface area contributed by atoms with Crippen LogP contribution >= 0.6 is 23.2 Å². The molecule has 0 bridgehead atoms. The SMILES string of the molecule is O=C(Cc1ccccc1Nc1c(Cl)cccc1Cl)N[C@@H](CO)C(=O)O. The number of rotatable bonds is 7. The van der Waals surface area contributed by atoms with Crippen molar-refractivity contribution in [3.05, 3.63) is 58.1 Å². The molecule has 0 radical (unpaired) electrons. The molecule has 132 valence electrons. The van der Waals surface area contributed by atoms with Crippen LogP contribution in [0.1, 0.15) is 5.56 Å². The predicted molar refractivity (Wildman–Crippen MR) is 96.5 cm³/mol. The maximum atomic E-state index is 12.1. The van der Waals surface area contributed by atoms with Crippen LogP contribution < -0.4 is 10.6 Å². The summed E-state index contributed by atoms with van der Waals surface area (Å²) in [6, 6.07) is 10.8. The fourth-order valence-electron chi connectivity index (χ4n) is 2.15. The molecule has 1 amide bonds. The highest BCUT2D eigenvalue weighted by Crippen LogP contribution is 2.33. The number of anilines is 2. The Morgan fingerprint density at radius 1 is 1.04 bits per heavy atom. The first-order valence-corrected chi connectivity index (χ1v) is 8.10. The first-order chi connectivity index (χ1) is 11.9. The third-order valence-corrected chi connectivity index (χ3v) is 4.04. The number of hydrogen-bond acceptors (Lipinski definition) is 4. The molecule has 0 aromatic heterocycles. The van der Waals surface area contributed by atoms with E-state index in [1.165, 1.54) is 0 Å². The Bertz CT molecular complexity index is 763. The molecule has 0 fully saturated rings. The molecule has 0 saturated carbocycles. The number of hydrogen-bond donors (Lipinski definition) is 4. The molecule has 0 heterocycles. The summed E-state index contributed by atoms with van der Waals surface area (Å²) in [5, 5.41) is 24.1. The van der Waals surface area contributed by atoms with Gasteiger partial charge < -0.3 is 20.8 Å². The third kappa shape index (κ3) is 5.09. The summed E-state index contributed by atoms with van der Waals surface area (Å²) in [4.78, 5) is 22.9. The summed E-state index contributed by atoms with van der Waals surface area (Å²) in [7, 11) is 0. The van der Waals surface area contributed by atoms with E-state index in [1.54, 1.807) is 42.5 Å². The Hall–Kier alpha value is -2.28. The van der Waals surface area contributed by atoms with E-state index in [4.69, 9.17) is 33.4 Å². The highest BCUT2D eigenvalue weighted by atomic mass is 35.5. The number of carboxylic acid groups (broad SMARTS) is 1. The second-order valence-electron chi connectivity index (χ2n) is 5.20. The maximum Gasteiger partial charge on any atom is 0.328 e. The molecule has 0 aliphatic heterocycles. The predicted octanol–water partition coefficient (Wildman–Crippen LogP) is 2.84. The number of amides is 1. The molecule has 0 unspecified atom stereocenters. The third-order valence-electron chi connectivity index (χ3n) is 3.41. The Labute approximate surface area is 154 Å². The lowest BCUT2D eigenvalue weighted by atomic mass is 10.1. The van der Waals surface area contributed by atoms with Crippen molar-refractivity contribution in [2.45, 2.75) is 12.5 Å². The van der Waals surface area contributed by atoms with Crippen LogP contribution in [-0.2, 0) is 16.0 Å². The van der Waals surface area contributed by atoms with Gasteiger partial charge in [0, 0.05) is 5.69 Å². The van der Waals surface area contributed by atoms with Crippen molar-refractivity contribution in [1.82, 2.24) is 5.32 Å². The van der Waals surface area contributed by atoms with E-state index in [0.717, 1.165) is 0 Å². The highest BCUT2D eigenvalue weighted by Gasteiger charge is 2.19. The fraction of sp³-hybridized carbons (Fsp3) is 0.176. The van der Waals surface area contributed by atoms with Crippen molar-refractivity contribution in [1.29, 1.82) is 0 Å². The molecule has 6 nitrogen and oxygen atoms in total. The van der Waals surface area contributed by atoms with Gasteiger partial charge in [-0.05, 0) is 23.8 Å². The van der Waals surface area contributed by atoms with Crippen LogP contribution in [-0.4, -0.2) is 34.7 Å². The Morgan fingerprint density at radius 2 is 1.68 bits per heavy atom. The highest BCUT2D eigenvalue weighted by molar-refractivity contribution is 6.39. The lowest BCUT2D eigenvalue weighted by Gasteiger charge is -2.15. The molecular formula is C17H16Cl2N2O4. The average molecular weight is 383 g/mol. The quantitative estimate of drug-likeness (QED) is 0.590. The number of carboxylic acids is 1. The number of aliphatic hydroxyl groups excluding tert-OH is 1. The summed E-state index contributed by atoms with van der Waals surface area (Å²) in [6.07, 6.45) is -0.0744. The smallest absolute Gasteiger partial charge is 0.328 e. The van der Waals surface area contributed by atoms with E-state index in [-0.39, 0.29) is 6.42 Å². The van der Waals surface area contributed by atoms with Gasteiger partial charge in [-0.2, -0.15) is 0 Å². The molecule has 2 rings (SSSR count). The number of carbonyl (C=O) groups is 2. The number of aliphatic carboxylic acids is 1. The normalized spacial score (nSPS) is 11.6. The maximum absolute atomic E-state index is 12.1. The Morgan fingerprint density at radius 3 is 2.28 bits per heavy atom. The molecule has 4 N–H and O–H groups in total. The molecule has 1 atom stereocenters. The van der Waals surface area contributed by atoms with Gasteiger partial charge in [-0.25, -0.2) is 4.79 Å². The van der Waals surface area contributed by atoms with Gasteiger partial charge >= 0.3 is 5.97 Å². The topological polar surface area (TPSA) is 98.7 Å². The molecule has 0 saturated heterocycles. The van der Waals surface area contributed by atoms with Crippen molar-refractivity contribution >= 4 is 46.5 Å². The molecule has 2 aromatic carbocycles. The Balaban J connectivity index is 2.18. The van der Waals surface area contributed by atoms with E-state index >= 15 is 0 Å². The van der Waals surface area contributed by atoms with E-state index in [2.05, 4.69) is 10.6 Å². The van der Waals surface area contributed by atoms with Gasteiger partial charge in [-0.1, -0.05) is 47.5 Å². The minimum atomic E-state index is -1.34. The molecule has 0 aliphatic rings. The van der Waals surface area contributed by atoms with E-state index in [9.17, 15) is 9.59 Å². The van der Waals surface area contributed by atoms with Gasteiger partial charge in [0.05, 0.1) is 28.8 Å². The zero-order valence-electron chi connectivity index (χ0n) is 13.0. The lowest BCUT2D eigenvalue weighted by molar-refractivity contribution is -0.142. The number of halogens is 2. The van der Waals surface area contributed by atoms with E-state index < -0.39 is 24.5 Å².